The third kappa shape index (κ3) is 4.48. The molecule has 3 heteroatoms. The summed E-state index contributed by atoms with van der Waals surface area (Å²) in [5, 5.41) is 3.59. The summed E-state index contributed by atoms with van der Waals surface area (Å²) in [6.45, 7) is 13.1. The molecule has 112 valence electrons. The maximum atomic E-state index is 4.75. The molecule has 1 fully saturated rings. The molecule has 1 aliphatic rings. The van der Waals surface area contributed by atoms with E-state index in [1.54, 1.807) is 0 Å². The van der Waals surface area contributed by atoms with Crippen LogP contribution >= 0.6 is 0 Å². The first kappa shape index (κ1) is 15.3. The molecule has 0 saturated heterocycles. The highest BCUT2D eigenvalue weighted by Gasteiger charge is 2.20. The molecule has 3 nitrogen and oxygen atoms in total. The fourth-order valence-corrected chi connectivity index (χ4v) is 2.48. The Morgan fingerprint density at radius 2 is 1.95 bits per heavy atom. The lowest BCUT2D eigenvalue weighted by Gasteiger charge is -2.30. The van der Waals surface area contributed by atoms with Crippen molar-refractivity contribution in [2.24, 2.45) is 5.92 Å². The Morgan fingerprint density at radius 3 is 2.50 bits per heavy atom. The van der Waals surface area contributed by atoms with Crippen molar-refractivity contribution in [3.63, 3.8) is 0 Å². The van der Waals surface area contributed by atoms with Gasteiger partial charge in [0.1, 0.15) is 5.82 Å². The van der Waals surface area contributed by atoms with Crippen LogP contribution in [0.5, 0.6) is 0 Å². The van der Waals surface area contributed by atoms with Crippen LogP contribution in [-0.4, -0.2) is 23.6 Å². The second-order valence-electron chi connectivity index (χ2n) is 6.77. The van der Waals surface area contributed by atoms with Crippen LogP contribution in [0.1, 0.15) is 51.8 Å². The Balaban J connectivity index is 2.14. The van der Waals surface area contributed by atoms with Gasteiger partial charge in [-0.3, -0.25) is 0 Å². The second-order valence-corrected chi connectivity index (χ2v) is 6.77. The van der Waals surface area contributed by atoms with E-state index in [0.29, 0.717) is 12.0 Å². The first-order valence-corrected chi connectivity index (χ1v) is 7.93. The van der Waals surface area contributed by atoms with Crippen molar-refractivity contribution in [2.45, 2.75) is 66.1 Å². The lowest BCUT2D eigenvalue weighted by molar-refractivity contribution is 0.565. The summed E-state index contributed by atoms with van der Waals surface area (Å²) in [7, 11) is 0. The van der Waals surface area contributed by atoms with E-state index in [9.17, 15) is 0 Å². The summed E-state index contributed by atoms with van der Waals surface area (Å²) in [6.07, 6.45) is 2.67. The molecule has 0 spiro atoms. The van der Waals surface area contributed by atoms with Crippen LogP contribution in [-0.2, 0) is 6.54 Å². The summed E-state index contributed by atoms with van der Waals surface area (Å²) in [4.78, 5) is 7.16. The van der Waals surface area contributed by atoms with Gasteiger partial charge < -0.3 is 10.2 Å². The summed E-state index contributed by atoms with van der Waals surface area (Å²) in [5.41, 5.74) is 2.47. The van der Waals surface area contributed by atoms with Gasteiger partial charge in [-0.15, -0.1) is 0 Å². The Labute approximate surface area is 123 Å². The van der Waals surface area contributed by atoms with E-state index >= 15 is 0 Å². The highest BCUT2D eigenvalue weighted by atomic mass is 15.2. The Bertz CT molecular complexity index is 436. The molecule has 0 amide bonds. The van der Waals surface area contributed by atoms with Crippen molar-refractivity contribution in [2.75, 3.05) is 11.4 Å². The number of rotatable bonds is 7. The maximum Gasteiger partial charge on any atom is 0.129 e. The number of anilines is 1. The van der Waals surface area contributed by atoms with Crippen LogP contribution in [0.15, 0.2) is 12.1 Å². The van der Waals surface area contributed by atoms with Gasteiger partial charge in [0, 0.05) is 30.9 Å². The molecule has 1 aliphatic carbocycles. The first-order valence-electron chi connectivity index (χ1n) is 7.93. The van der Waals surface area contributed by atoms with Crippen LogP contribution in [0.25, 0.3) is 0 Å². The van der Waals surface area contributed by atoms with Crippen LogP contribution < -0.4 is 10.2 Å². The number of aromatic nitrogens is 1. The van der Waals surface area contributed by atoms with E-state index in [2.05, 4.69) is 57.0 Å². The molecule has 0 aliphatic heterocycles. The minimum absolute atomic E-state index is 0.482. The molecule has 20 heavy (non-hydrogen) atoms. The van der Waals surface area contributed by atoms with Gasteiger partial charge in [-0.05, 0) is 57.2 Å². The average Bonchev–Trinajstić information content (AvgIpc) is 3.16. The predicted molar refractivity (Wildman–Crippen MR) is 86.2 cm³/mol. The molecule has 0 radical (unpaired) electrons. The number of hydrogen-bond donors (Lipinski definition) is 1. The topological polar surface area (TPSA) is 28.2 Å². The van der Waals surface area contributed by atoms with E-state index in [1.165, 1.54) is 18.4 Å². The molecule has 0 unspecified atom stereocenters. The number of nitrogens with one attached hydrogen (secondary N) is 1. The predicted octanol–water partition coefficient (Wildman–Crippen LogP) is 3.51. The second kappa shape index (κ2) is 6.57. The quantitative estimate of drug-likeness (QED) is 0.825. The van der Waals surface area contributed by atoms with Gasteiger partial charge in [0.15, 0.2) is 0 Å². The zero-order valence-electron chi connectivity index (χ0n) is 13.6. The summed E-state index contributed by atoms with van der Waals surface area (Å²) >= 11 is 0. The molecular weight excluding hydrogens is 246 g/mol. The molecule has 0 aromatic carbocycles. The normalized spacial score (nSPS) is 15.2. The van der Waals surface area contributed by atoms with Crippen LogP contribution in [0, 0.1) is 12.8 Å². The van der Waals surface area contributed by atoms with Gasteiger partial charge in [-0.25, -0.2) is 4.98 Å². The third-order valence-corrected chi connectivity index (χ3v) is 3.65. The van der Waals surface area contributed by atoms with Gasteiger partial charge in [0.05, 0.1) is 0 Å². The van der Waals surface area contributed by atoms with E-state index in [4.69, 9.17) is 4.98 Å². The number of aryl methyl sites for hydroxylation is 1. The number of hydrogen-bond acceptors (Lipinski definition) is 3. The molecule has 1 aromatic heterocycles. The van der Waals surface area contributed by atoms with Gasteiger partial charge in [0.25, 0.3) is 0 Å². The van der Waals surface area contributed by atoms with Gasteiger partial charge in [0.2, 0.25) is 0 Å². The van der Waals surface area contributed by atoms with E-state index < -0.39 is 0 Å². The monoisotopic (exact) mass is 275 g/mol. The zero-order chi connectivity index (χ0) is 14.7. The molecular formula is C17H29N3. The summed E-state index contributed by atoms with van der Waals surface area (Å²) in [5.74, 6) is 1.77. The highest BCUT2D eigenvalue weighted by Crippen LogP contribution is 2.22. The van der Waals surface area contributed by atoms with Crippen molar-refractivity contribution in [3.05, 3.63) is 23.4 Å². The first-order chi connectivity index (χ1) is 9.45. The van der Waals surface area contributed by atoms with Crippen molar-refractivity contribution < 1.29 is 0 Å². The van der Waals surface area contributed by atoms with E-state index in [1.807, 2.05) is 0 Å². The highest BCUT2D eigenvalue weighted by molar-refractivity contribution is 5.43. The zero-order valence-corrected chi connectivity index (χ0v) is 13.6. The average molecular weight is 275 g/mol. The number of nitrogens with zero attached hydrogens (tertiary/aromatic N) is 2. The Kier molecular flexibility index (Phi) is 5.03. The van der Waals surface area contributed by atoms with Crippen LogP contribution in [0.3, 0.4) is 0 Å². The van der Waals surface area contributed by atoms with E-state index in [-0.39, 0.29) is 0 Å². The van der Waals surface area contributed by atoms with E-state index in [0.717, 1.165) is 30.6 Å². The molecule has 1 heterocycles. The van der Waals surface area contributed by atoms with Gasteiger partial charge >= 0.3 is 0 Å². The fraction of sp³-hybridized carbons (Fsp3) is 0.706. The van der Waals surface area contributed by atoms with Crippen molar-refractivity contribution in [1.82, 2.24) is 10.3 Å². The molecule has 0 bridgehead atoms. The minimum atomic E-state index is 0.482. The smallest absolute Gasteiger partial charge is 0.129 e. The van der Waals surface area contributed by atoms with Crippen LogP contribution in [0.2, 0.25) is 0 Å². The lowest BCUT2D eigenvalue weighted by atomic mass is 10.1. The van der Waals surface area contributed by atoms with Crippen molar-refractivity contribution in [1.29, 1.82) is 0 Å². The van der Waals surface area contributed by atoms with Crippen molar-refractivity contribution in [3.8, 4) is 0 Å². The largest absolute Gasteiger partial charge is 0.354 e. The summed E-state index contributed by atoms with van der Waals surface area (Å²) in [6, 6.07) is 5.69. The van der Waals surface area contributed by atoms with Crippen molar-refractivity contribution >= 4 is 5.82 Å². The fourth-order valence-electron chi connectivity index (χ4n) is 2.48. The van der Waals surface area contributed by atoms with Crippen LogP contribution in [0.4, 0.5) is 5.82 Å². The third-order valence-electron chi connectivity index (χ3n) is 3.65. The Hall–Kier alpha value is -1.09. The molecule has 1 saturated carbocycles. The van der Waals surface area contributed by atoms with Gasteiger partial charge in [-0.1, -0.05) is 13.8 Å². The van der Waals surface area contributed by atoms with Gasteiger partial charge in [-0.2, -0.15) is 0 Å². The SMILES string of the molecule is Cc1cc(CNC2CC2)cc(N(CC(C)C)C(C)C)n1. The maximum absolute atomic E-state index is 4.75. The minimum Gasteiger partial charge on any atom is -0.354 e. The molecule has 0 atom stereocenters. The number of pyridine rings is 1. The molecule has 2 rings (SSSR count). The molecule has 1 N–H and O–H groups in total. The summed E-state index contributed by atoms with van der Waals surface area (Å²) < 4.78 is 0. The Morgan fingerprint density at radius 1 is 1.25 bits per heavy atom. The molecule has 1 aromatic rings. The standard InChI is InChI=1S/C17H29N3/c1-12(2)11-20(13(3)4)17-9-15(8-14(5)19-17)10-18-16-6-7-16/h8-9,12-13,16,18H,6-7,10-11H2,1-5H3. The lowest BCUT2D eigenvalue weighted by Crippen LogP contribution is -2.35.